The van der Waals surface area contributed by atoms with Gasteiger partial charge in [-0.3, -0.25) is 4.79 Å². The van der Waals surface area contributed by atoms with Gasteiger partial charge in [0.25, 0.3) is 0 Å². The Morgan fingerprint density at radius 1 is 1.36 bits per heavy atom. The van der Waals surface area contributed by atoms with E-state index < -0.39 is 6.17 Å². The van der Waals surface area contributed by atoms with Crippen LogP contribution in [-0.4, -0.2) is 11.5 Å². The first-order chi connectivity index (χ1) is 6.65. The zero-order valence-corrected chi connectivity index (χ0v) is 9.05. The minimum absolute atomic E-state index is 0.333. The molecule has 1 nitrogen and oxygen atoms in total. The third-order valence-electron chi connectivity index (χ3n) is 1.70. The number of carbonyl (C=O) groups is 1. The molecule has 76 valence electrons. The molecule has 0 saturated heterocycles. The average molecular weight is 212 g/mol. The Balaban J connectivity index is 2.96. The lowest BCUT2D eigenvalue weighted by molar-refractivity contribution is -0.112. The number of aldehydes is 1. The Kier molecular flexibility index (Phi) is 4.14. The van der Waals surface area contributed by atoms with Crippen LogP contribution in [0, 0.1) is 0 Å². The fraction of sp³-hybridized carbons (Fsp3) is 0.364. The third kappa shape index (κ3) is 2.84. The van der Waals surface area contributed by atoms with Gasteiger partial charge in [0, 0.05) is 15.7 Å². The summed E-state index contributed by atoms with van der Waals surface area (Å²) in [6.07, 6.45) is -1.17. The smallest absolute Gasteiger partial charge is 0.181 e. The number of carbonyl (C=O) groups excluding carboxylic acids is 1. The minimum Gasteiger partial charge on any atom is -0.300 e. The van der Waals surface area contributed by atoms with Crippen molar-refractivity contribution in [2.75, 3.05) is 0 Å². The quantitative estimate of drug-likeness (QED) is 0.562. The summed E-state index contributed by atoms with van der Waals surface area (Å²) in [6.45, 7) is 4.07. The van der Waals surface area contributed by atoms with E-state index >= 15 is 0 Å². The lowest BCUT2D eigenvalue weighted by Gasteiger charge is -2.10. The Bertz CT molecular complexity index is 312. The SMILES string of the molecule is CC(C)Sc1ccccc1C(F)C=O. The molecule has 0 radical (unpaired) electrons. The second kappa shape index (κ2) is 5.15. The van der Waals surface area contributed by atoms with Crippen LogP contribution in [0.25, 0.3) is 0 Å². The van der Waals surface area contributed by atoms with Gasteiger partial charge in [-0.2, -0.15) is 0 Å². The molecule has 0 aliphatic heterocycles. The van der Waals surface area contributed by atoms with Gasteiger partial charge < -0.3 is 0 Å². The first-order valence-corrected chi connectivity index (χ1v) is 5.38. The van der Waals surface area contributed by atoms with Crippen LogP contribution >= 0.6 is 11.8 Å². The molecular formula is C11H13FOS. The van der Waals surface area contributed by atoms with E-state index in [0.717, 1.165) is 4.90 Å². The van der Waals surface area contributed by atoms with Crippen LogP contribution in [0.5, 0.6) is 0 Å². The molecule has 0 aliphatic rings. The fourth-order valence-corrected chi connectivity index (χ4v) is 2.12. The maximum Gasteiger partial charge on any atom is 0.181 e. The van der Waals surface area contributed by atoms with E-state index in [-0.39, 0.29) is 0 Å². The van der Waals surface area contributed by atoms with Crippen molar-refractivity contribution in [3.8, 4) is 0 Å². The van der Waals surface area contributed by atoms with Crippen LogP contribution < -0.4 is 0 Å². The van der Waals surface area contributed by atoms with Gasteiger partial charge in [-0.05, 0) is 6.07 Å². The molecule has 0 heterocycles. The van der Waals surface area contributed by atoms with E-state index in [1.807, 2.05) is 26.0 Å². The summed E-state index contributed by atoms with van der Waals surface area (Å²) in [7, 11) is 0. The van der Waals surface area contributed by atoms with Crippen LogP contribution in [-0.2, 0) is 4.79 Å². The predicted molar refractivity (Wildman–Crippen MR) is 57.3 cm³/mol. The van der Waals surface area contributed by atoms with E-state index in [1.54, 1.807) is 23.9 Å². The largest absolute Gasteiger partial charge is 0.300 e. The monoisotopic (exact) mass is 212 g/mol. The Morgan fingerprint density at radius 2 is 2.00 bits per heavy atom. The third-order valence-corrected chi connectivity index (χ3v) is 2.80. The summed E-state index contributed by atoms with van der Waals surface area (Å²) in [5.74, 6) is 0. The fourth-order valence-electron chi connectivity index (χ4n) is 1.14. The number of benzene rings is 1. The number of hydrogen-bond donors (Lipinski definition) is 0. The van der Waals surface area contributed by atoms with Crippen molar-refractivity contribution in [2.24, 2.45) is 0 Å². The normalized spacial score (nSPS) is 12.9. The van der Waals surface area contributed by atoms with E-state index in [9.17, 15) is 9.18 Å². The number of halogens is 1. The summed E-state index contributed by atoms with van der Waals surface area (Å²) in [5.41, 5.74) is 0.473. The molecule has 0 bridgehead atoms. The molecule has 1 rings (SSSR count). The molecule has 1 aromatic rings. The lowest BCUT2D eigenvalue weighted by atomic mass is 10.1. The van der Waals surface area contributed by atoms with Crippen molar-refractivity contribution < 1.29 is 9.18 Å². The average Bonchev–Trinajstić information content (AvgIpc) is 2.16. The summed E-state index contributed by atoms with van der Waals surface area (Å²) in [6, 6.07) is 7.10. The van der Waals surface area contributed by atoms with E-state index in [1.165, 1.54) is 0 Å². The van der Waals surface area contributed by atoms with Gasteiger partial charge in [0.05, 0.1) is 0 Å². The van der Waals surface area contributed by atoms with Gasteiger partial charge in [0.15, 0.2) is 12.5 Å². The molecule has 0 aromatic heterocycles. The zero-order valence-electron chi connectivity index (χ0n) is 8.24. The lowest BCUT2D eigenvalue weighted by Crippen LogP contribution is -1.97. The van der Waals surface area contributed by atoms with Crippen molar-refractivity contribution in [2.45, 2.75) is 30.2 Å². The molecule has 0 spiro atoms. The first-order valence-electron chi connectivity index (χ1n) is 4.50. The van der Waals surface area contributed by atoms with Crippen LogP contribution in [0.15, 0.2) is 29.2 Å². The van der Waals surface area contributed by atoms with Gasteiger partial charge in [-0.15, -0.1) is 11.8 Å². The molecule has 0 saturated carbocycles. The molecule has 0 aliphatic carbocycles. The zero-order chi connectivity index (χ0) is 10.6. The van der Waals surface area contributed by atoms with Gasteiger partial charge in [0.2, 0.25) is 0 Å². The molecule has 1 aromatic carbocycles. The standard InChI is InChI=1S/C11H13FOS/c1-8(2)14-11-6-4-3-5-9(11)10(12)7-13/h3-8,10H,1-2H3. The highest BCUT2D eigenvalue weighted by Crippen LogP contribution is 2.30. The Morgan fingerprint density at radius 3 is 2.57 bits per heavy atom. The van der Waals surface area contributed by atoms with Gasteiger partial charge in [0.1, 0.15) is 0 Å². The molecular weight excluding hydrogens is 199 g/mol. The first kappa shape index (κ1) is 11.2. The molecule has 3 heteroatoms. The molecule has 0 fully saturated rings. The van der Waals surface area contributed by atoms with Crippen LogP contribution in [0.3, 0.4) is 0 Å². The number of thioether (sulfide) groups is 1. The highest BCUT2D eigenvalue weighted by molar-refractivity contribution is 8.00. The number of hydrogen-bond acceptors (Lipinski definition) is 2. The van der Waals surface area contributed by atoms with Gasteiger partial charge in [-0.25, -0.2) is 4.39 Å². The predicted octanol–water partition coefficient (Wildman–Crippen LogP) is 3.40. The Labute approximate surface area is 87.7 Å². The molecule has 0 N–H and O–H groups in total. The summed E-state index contributed by atoms with van der Waals surface area (Å²) in [5, 5.41) is 0.384. The van der Waals surface area contributed by atoms with Crippen LogP contribution in [0.4, 0.5) is 4.39 Å². The molecule has 1 atom stereocenters. The second-order valence-electron chi connectivity index (χ2n) is 3.24. The van der Waals surface area contributed by atoms with E-state index in [4.69, 9.17) is 0 Å². The Hall–Kier alpha value is -0.830. The van der Waals surface area contributed by atoms with Crippen molar-refractivity contribution in [1.29, 1.82) is 0 Å². The second-order valence-corrected chi connectivity index (χ2v) is 4.86. The van der Waals surface area contributed by atoms with Crippen molar-refractivity contribution in [3.63, 3.8) is 0 Å². The minimum atomic E-state index is -1.50. The highest BCUT2D eigenvalue weighted by atomic mass is 32.2. The van der Waals surface area contributed by atoms with E-state index in [0.29, 0.717) is 17.1 Å². The molecule has 0 amide bonds. The highest BCUT2D eigenvalue weighted by Gasteiger charge is 2.13. The summed E-state index contributed by atoms with van der Waals surface area (Å²) < 4.78 is 13.2. The van der Waals surface area contributed by atoms with Crippen molar-refractivity contribution in [3.05, 3.63) is 29.8 Å². The summed E-state index contributed by atoms with van der Waals surface area (Å²) >= 11 is 1.57. The maximum atomic E-state index is 13.2. The number of alkyl halides is 1. The van der Waals surface area contributed by atoms with Gasteiger partial charge >= 0.3 is 0 Å². The maximum absolute atomic E-state index is 13.2. The van der Waals surface area contributed by atoms with Crippen LogP contribution in [0.2, 0.25) is 0 Å². The topological polar surface area (TPSA) is 17.1 Å². The van der Waals surface area contributed by atoms with Crippen LogP contribution in [0.1, 0.15) is 25.6 Å². The molecule has 1 unspecified atom stereocenters. The summed E-state index contributed by atoms with van der Waals surface area (Å²) in [4.78, 5) is 11.2. The van der Waals surface area contributed by atoms with E-state index in [2.05, 4.69) is 0 Å². The van der Waals surface area contributed by atoms with Gasteiger partial charge in [-0.1, -0.05) is 32.0 Å². The van der Waals surface area contributed by atoms with Crippen molar-refractivity contribution >= 4 is 18.0 Å². The van der Waals surface area contributed by atoms with Crippen molar-refractivity contribution in [1.82, 2.24) is 0 Å². The number of rotatable bonds is 4. The molecule has 14 heavy (non-hydrogen) atoms.